The van der Waals surface area contributed by atoms with E-state index in [9.17, 15) is 0 Å². The van der Waals surface area contributed by atoms with Gasteiger partial charge in [-0.1, -0.05) is 6.07 Å². The van der Waals surface area contributed by atoms with E-state index in [1.807, 2.05) is 32.0 Å². The van der Waals surface area contributed by atoms with Gasteiger partial charge in [-0.25, -0.2) is 0 Å². The highest BCUT2D eigenvalue weighted by Gasteiger charge is 2.06. The van der Waals surface area contributed by atoms with Crippen LogP contribution in [0.4, 0.5) is 0 Å². The van der Waals surface area contributed by atoms with E-state index in [2.05, 4.69) is 0 Å². The molecule has 0 aromatic heterocycles. The molecule has 1 aromatic rings. The zero-order chi connectivity index (χ0) is 13.2. The molecule has 0 fully saturated rings. The summed E-state index contributed by atoms with van der Waals surface area (Å²) in [6.45, 7) is 6.64. The standard InChI is InChI=1S/C14H21ClO3/c1-3-16-8-5-9-18-13-7-6-12(11-15)10-14(13)17-4-2/h6-7,10H,3-5,8-9,11H2,1-2H3. The third-order valence-electron chi connectivity index (χ3n) is 2.36. The highest BCUT2D eigenvalue weighted by molar-refractivity contribution is 6.17. The molecule has 0 bridgehead atoms. The summed E-state index contributed by atoms with van der Waals surface area (Å²) in [5.74, 6) is 2.00. The van der Waals surface area contributed by atoms with Crippen LogP contribution in [0.5, 0.6) is 11.5 Å². The van der Waals surface area contributed by atoms with Gasteiger partial charge < -0.3 is 14.2 Å². The van der Waals surface area contributed by atoms with Crippen LogP contribution in [0.25, 0.3) is 0 Å². The van der Waals surface area contributed by atoms with E-state index >= 15 is 0 Å². The summed E-state index contributed by atoms with van der Waals surface area (Å²) in [7, 11) is 0. The van der Waals surface area contributed by atoms with Gasteiger partial charge in [-0.05, 0) is 31.5 Å². The molecular weight excluding hydrogens is 252 g/mol. The van der Waals surface area contributed by atoms with Crippen molar-refractivity contribution in [1.29, 1.82) is 0 Å². The van der Waals surface area contributed by atoms with Gasteiger partial charge in [0.05, 0.1) is 13.2 Å². The summed E-state index contributed by atoms with van der Waals surface area (Å²) in [4.78, 5) is 0. The van der Waals surface area contributed by atoms with E-state index in [1.54, 1.807) is 0 Å². The normalized spacial score (nSPS) is 10.4. The zero-order valence-electron chi connectivity index (χ0n) is 11.1. The number of halogens is 1. The average molecular weight is 273 g/mol. The Balaban J connectivity index is 2.52. The number of hydrogen-bond acceptors (Lipinski definition) is 3. The van der Waals surface area contributed by atoms with Gasteiger partial charge in [0.2, 0.25) is 0 Å². The van der Waals surface area contributed by atoms with Gasteiger partial charge in [0.25, 0.3) is 0 Å². The van der Waals surface area contributed by atoms with E-state index in [-0.39, 0.29) is 0 Å². The van der Waals surface area contributed by atoms with Gasteiger partial charge in [-0.15, -0.1) is 11.6 Å². The lowest BCUT2D eigenvalue weighted by molar-refractivity contribution is 0.130. The summed E-state index contributed by atoms with van der Waals surface area (Å²) in [6.07, 6.45) is 0.872. The van der Waals surface area contributed by atoms with Crippen molar-refractivity contribution in [2.24, 2.45) is 0 Å². The van der Waals surface area contributed by atoms with Crippen LogP contribution in [0.1, 0.15) is 25.8 Å². The molecule has 3 nitrogen and oxygen atoms in total. The molecule has 0 N–H and O–H groups in total. The van der Waals surface area contributed by atoms with Gasteiger partial charge in [0.1, 0.15) is 0 Å². The Morgan fingerprint density at radius 1 is 1.00 bits per heavy atom. The smallest absolute Gasteiger partial charge is 0.161 e. The summed E-state index contributed by atoms with van der Waals surface area (Å²) < 4.78 is 16.5. The minimum absolute atomic E-state index is 0.477. The number of ether oxygens (including phenoxy) is 3. The van der Waals surface area contributed by atoms with Crippen molar-refractivity contribution in [3.05, 3.63) is 23.8 Å². The number of alkyl halides is 1. The lowest BCUT2D eigenvalue weighted by Gasteiger charge is -2.12. The van der Waals surface area contributed by atoms with E-state index < -0.39 is 0 Å². The number of rotatable bonds is 9. The Kier molecular flexibility index (Phi) is 7.62. The number of benzene rings is 1. The third kappa shape index (κ3) is 5.15. The van der Waals surface area contributed by atoms with Gasteiger partial charge in [-0.3, -0.25) is 0 Å². The summed E-state index contributed by atoms with van der Waals surface area (Å²) >= 11 is 5.80. The van der Waals surface area contributed by atoms with Gasteiger partial charge in [0, 0.05) is 25.5 Å². The molecule has 0 aliphatic rings. The van der Waals surface area contributed by atoms with Crippen LogP contribution in [0.2, 0.25) is 0 Å². The van der Waals surface area contributed by atoms with E-state index in [0.717, 1.165) is 36.7 Å². The Morgan fingerprint density at radius 3 is 2.50 bits per heavy atom. The first kappa shape index (κ1) is 15.1. The first-order chi connectivity index (χ1) is 8.81. The molecule has 0 heterocycles. The van der Waals surface area contributed by atoms with Gasteiger partial charge >= 0.3 is 0 Å². The minimum Gasteiger partial charge on any atom is -0.490 e. The molecule has 0 amide bonds. The molecule has 1 rings (SSSR count). The SMILES string of the molecule is CCOCCCOc1ccc(CCl)cc1OCC. The summed E-state index contributed by atoms with van der Waals surface area (Å²) in [5, 5.41) is 0. The number of hydrogen-bond donors (Lipinski definition) is 0. The highest BCUT2D eigenvalue weighted by atomic mass is 35.5. The van der Waals surface area contributed by atoms with E-state index in [4.69, 9.17) is 25.8 Å². The fraction of sp³-hybridized carbons (Fsp3) is 0.571. The molecule has 0 aliphatic heterocycles. The van der Waals surface area contributed by atoms with Crippen molar-refractivity contribution in [3.8, 4) is 11.5 Å². The first-order valence-electron chi connectivity index (χ1n) is 6.34. The molecule has 0 spiro atoms. The van der Waals surface area contributed by atoms with Crippen molar-refractivity contribution < 1.29 is 14.2 Å². The van der Waals surface area contributed by atoms with Crippen LogP contribution in [-0.4, -0.2) is 26.4 Å². The molecule has 0 aliphatic carbocycles. The van der Waals surface area contributed by atoms with E-state index in [0.29, 0.717) is 19.1 Å². The van der Waals surface area contributed by atoms with Crippen molar-refractivity contribution in [2.75, 3.05) is 26.4 Å². The van der Waals surface area contributed by atoms with Crippen molar-refractivity contribution >= 4 is 11.6 Å². The van der Waals surface area contributed by atoms with Crippen molar-refractivity contribution in [2.45, 2.75) is 26.1 Å². The van der Waals surface area contributed by atoms with Crippen LogP contribution >= 0.6 is 11.6 Å². The second-order valence-electron chi connectivity index (χ2n) is 3.75. The van der Waals surface area contributed by atoms with Crippen LogP contribution in [0.15, 0.2) is 18.2 Å². The first-order valence-corrected chi connectivity index (χ1v) is 6.87. The maximum atomic E-state index is 5.80. The second-order valence-corrected chi connectivity index (χ2v) is 4.01. The molecule has 4 heteroatoms. The predicted octanol–water partition coefficient (Wildman–Crippen LogP) is 3.63. The maximum Gasteiger partial charge on any atom is 0.161 e. The molecular formula is C14H21ClO3. The van der Waals surface area contributed by atoms with Crippen molar-refractivity contribution in [1.82, 2.24) is 0 Å². The largest absolute Gasteiger partial charge is 0.490 e. The van der Waals surface area contributed by atoms with Crippen LogP contribution < -0.4 is 9.47 Å². The quantitative estimate of drug-likeness (QED) is 0.507. The molecule has 0 unspecified atom stereocenters. The Labute approximate surface area is 114 Å². The monoisotopic (exact) mass is 272 g/mol. The molecule has 102 valence electrons. The highest BCUT2D eigenvalue weighted by Crippen LogP contribution is 2.29. The van der Waals surface area contributed by atoms with Gasteiger partial charge in [0.15, 0.2) is 11.5 Å². The molecule has 0 atom stereocenters. The van der Waals surface area contributed by atoms with Crippen LogP contribution in [-0.2, 0) is 10.6 Å². The van der Waals surface area contributed by atoms with Crippen molar-refractivity contribution in [3.63, 3.8) is 0 Å². The molecule has 0 saturated carbocycles. The Morgan fingerprint density at radius 2 is 1.83 bits per heavy atom. The van der Waals surface area contributed by atoms with Crippen LogP contribution in [0.3, 0.4) is 0 Å². The fourth-order valence-electron chi connectivity index (χ4n) is 1.51. The second kappa shape index (κ2) is 9.06. The van der Waals surface area contributed by atoms with Crippen LogP contribution in [0, 0.1) is 0 Å². The topological polar surface area (TPSA) is 27.7 Å². The zero-order valence-corrected chi connectivity index (χ0v) is 11.8. The Hall–Kier alpha value is -0.930. The lowest BCUT2D eigenvalue weighted by atomic mass is 10.2. The molecule has 18 heavy (non-hydrogen) atoms. The molecule has 1 aromatic carbocycles. The summed E-state index contributed by atoms with van der Waals surface area (Å²) in [6, 6.07) is 5.78. The van der Waals surface area contributed by atoms with E-state index in [1.165, 1.54) is 0 Å². The molecule has 0 saturated heterocycles. The fourth-order valence-corrected chi connectivity index (χ4v) is 1.68. The lowest BCUT2D eigenvalue weighted by Crippen LogP contribution is -2.04. The third-order valence-corrected chi connectivity index (χ3v) is 2.67. The Bertz CT molecular complexity index is 342. The summed E-state index contributed by atoms with van der Waals surface area (Å²) in [5.41, 5.74) is 1.03. The average Bonchev–Trinajstić information content (AvgIpc) is 2.40. The van der Waals surface area contributed by atoms with Gasteiger partial charge in [-0.2, -0.15) is 0 Å². The molecule has 0 radical (unpaired) electrons. The minimum atomic E-state index is 0.477. The maximum absolute atomic E-state index is 5.80. The predicted molar refractivity (Wildman–Crippen MR) is 73.8 cm³/mol.